The first-order chi connectivity index (χ1) is 12.5. The third kappa shape index (κ3) is 2.94. The molecule has 1 aliphatic heterocycles. The molecule has 2 aromatic heterocycles. The lowest BCUT2D eigenvalue weighted by atomic mass is 9.93. The second kappa shape index (κ2) is 6.48. The first-order valence-electron chi connectivity index (χ1n) is 8.56. The van der Waals surface area contributed by atoms with E-state index in [-0.39, 0.29) is 17.4 Å². The van der Waals surface area contributed by atoms with Gasteiger partial charge < -0.3 is 4.90 Å². The zero-order valence-electron chi connectivity index (χ0n) is 14.3. The molecule has 3 heterocycles. The van der Waals surface area contributed by atoms with E-state index in [0.717, 1.165) is 47.8 Å². The molecule has 5 nitrogen and oxygen atoms in total. The van der Waals surface area contributed by atoms with E-state index >= 15 is 0 Å². The zero-order chi connectivity index (χ0) is 18.3. The summed E-state index contributed by atoms with van der Waals surface area (Å²) in [5, 5.41) is 5.58. The van der Waals surface area contributed by atoms with Crippen molar-refractivity contribution in [1.82, 2.24) is 19.7 Å². The number of amides is 1. The monoisotopic (exact) mass is 356 g/mol. The number of hydrogen-bond acceptors (Lipinski definition) is 3. The highest BCUT2D eigenvalue weighted by molar-refractivity contribution is 5.94. The van der Waals surface area contributed by atoms with E-state index in [9.17, 15) is 13.6 Å². The van der Waals surface area contributed by atoms with Crippen LogP contribution < -0.4 is 0 Å². The fourth-order valence-corrected chi connectivity index (χ4v) is 3.66. The highest BCUT2D eigenvalue weighted by atomic mass is 19.1. The molecule has 0 saturated carbocycles. The molecule has 0 radical (unpaired) electrons. The molecular formula is C19H18F2N4O. The molecule has 3 aromatic rings. The Kier molecular flexibility index (Phi) is 4.14. The Balaban J connectivity index is 1.62. The summed E-state index contributed by atoms with van der Waals surface area (Å²) >= 11 is 0. The van der Waals surface area contributed by atoms with Crippen LogP contribution in [-0.4, -0.2) is 38.7 Å². The number of halogens is 2. The molecule has 134 valence electrons. The van der Waals surface area contributed by atoms with Gasteiger partial charge in [0.2, 0.25) is 0 Å². The molecule has 1 aliphatic rings. The number of piperidine rings is 1. The van der Waals surface area contributed by atoms with Crippen LogP contribution >= 0.6 is 0 Å². The molecule has 1 amide bonds. The highest BCUT2D eigenvalue weighted by Gasteiger charge is 2.29. The van der Waals surface area contributed by atoms with Gasteiger partial charge in [-0.25, -0.2) is 13.8 Å². The number of pyridine rings is 1. The number of carbonyl (C=O) groups excluding carboxylic acids is 1. The van der Waals surface area contributed by atoms with Crippen molar-refractivity contribution in [2.24, 2.45) is 7.05 Å². The number of nitrogens with zero attached hydrogens (tertiary/aromatic N) is 4. The quantitative estimate of drug-likeness (QED) is 0.708. The van der Waals surface area contributed by atoms with Gasteiger partial charge in [-0.05, 0) is 37.1 Å². The molecule has 1 saturated heterocycles. The van der Waals surface area contributed by atoms with Gasteiger partial charge in [0.25, 0.3) is 5.91 Å². The van der Waals surface area contributed by atoms with Crippen molar-refractivity contribution in [1.29, 1.82) is 0 Å². The van der Waals surface area contributed by atoms with Gasteiger partial charge in [-0.1, -0.05) is 0 Å². The van der Waals surface area contributed by atoms with Crippen molar-refractivity contribution in [2.75, 3.05) is 13.1 Å². The van der Waals surface area contributed by atoms with Gasteiger partial charge in [0.05, 0.1) is 5.69 Å². The van der Waals surface area contributed by atoms with Crippen LogP contribution in [0.2, 0.25) is 0 Å². The molecule has 0 spiro atoms. The predicted molar refractivity (Wildman–Crippen MR) is 92.7 cm³/mol. The van der Waals surface area contributed by atoms with Gasteiger partial charge in [-0.15, -0.1) is 0 Å². The average molecular weight is 356 g/mol. The smallest absolute Gasteiger partial charge is 0.254 e. The third-order valence-electron chi connectivity index (χ3n) is 4.83. The van der Waals surface area contributed by atoms with E-state index in [1.54, 1.807) is 15.8 Å². The lowest BCUT2D eigenvalue weighted by Gasteiger charge is -2.32. The Hall–Kier alpha value is -2.83. The van der Waals surface area contributed by atoms with Crippen molar-refractivity contribution in [3.05, 3.63) is 59.4 Å². The molecule has 0 aliphatic carbocycles. The lowest BCUT2D eigenvalue weighted by molar-refractivity contribution is 0.0705. The zero-order valence-corrected chi connectivity index (χ0v) is 14.3. The molecular weight excluding hydrogens is 338 g/mol. The Morgan fingerprint density at radius 1 is 1.23 bits per heavy atom. The van der Waals surface area contributed by atoms with Crippen LogP contribution in [-0.2, 0) is 7.05 Å². The molecule has 0 N–H and O–H groups in total. The van der Waals surface area contributed by atoms with E-state index < -0.39 is 11.6 Å². The van der Waals surface area contributed by atoms with Gasteiger partial charge in [0, 0.05) is 49.3 Å². The Morgan fingerprint density at radius 2 is 2.00 bits per heavy atom. The van der Waals surface area contributed by atoms with Gasteiger partial charge in [0.15, 0.2) is 5.65 Å². The summed E-state index contributed by atoms with van der Waals surface area (Å²) < 4.78 is 28.6. The Morgan fingerprint density at radius 3 is 2.77 bits per heavy atom. The Bertz CT molecular complexity index is 965. The summed E-state index contributed by atoms with van der Waals surface area (Å²) in [6, 6.07) is 6.77. The maximum atomic E-state index is 13.4. The summed E-state index contributed by atoms with van der Waals surface area (Å²) in [6.07, 6.45) is 3.44. The number of fused-ring (bicyclic) bond motifs is 1. The summed E-state index contributed by atoms with van der Waals surface area (Å²) in [5.41, 5.74) is 1.76. The van der Waals surface area contributed by atoms with Crippen molar-refractivity contribution < 1.29 is 13.6 Å². The van der Waals surface area contributed by atoms with Crippen LogP contribution in [0.3, 0.4) is 0 Å². The van der Waals surface area contributed by atoms with Crippen molar-refractivity contribution in [3.8, 4) is 0 Å². The van der Waals surface area contributed by atoms with Gasteiger partial charge in [-0.2, -0.15) is 5.10 Å². The summed E-state index contributed by atoms with van der Waals surface area (Å²) in [6.45, 7) is 1.04. The molecule has 0 unspecified atom stereocenters. The standard InChI is InChI=1S/C19H18F2N4O/c1-24-18-16(5-2-6-22-18)17(23-24)12-4-3-7-25(11-12)19(26)13-8-14(20)10-15(21)9-13/h2,5-6,8-10,12H,3-4,7,11H2,1H3/t12-/m0/s1. The minimum Gasteiger partial charge on any atom is -0.338 e. The molecule has 1 aromatic carbocycles. The topological polar surface area (TPSA) is 51.0 Å². The molecule has 4 rings (SSSR count). The molecule has 0 bridgehead atoms. The minimum absolute atomic E-state index is 0.0377. The van der Waals surface area contributed by atoms with E-state index in [1.807, 2.05) is 19.2 Å². The lowest BCUT2D eigenvalue weighted by Crippen LogP contribution is -2.39. The number of aromatic nitrogens is 3. The number of aryl methyl sites for hydroxylation is 1. The summed E-state index contributed by atoms with van der Waals surface area (Å²) in [5.74, 6) is -1.78. The van der Waals surface area contributed by atoms with Gasteiger partial charge in [-0.3, -0.25) is 9.48 Å². The maximum Gasteiger partial charge on any atom is 0.254 e. The van der Waals surface area contributed by atoms with E-state index in [0.29, 0.717) is 13.1 Å². The van der Waals surface area contributed by atoms with Crippen LogP contribution in [0.4, 0.5) is 8.78 Å². The van der Waals surface area contributed by atoms with Crippen molar-refractivity contribution >= 4 is 16.9 Å². The summed E-state index contributed by atoms with van der Waals surface area (Å²) in [7, 11) is 1.85. The van der Waals surface area contributed by atoms with Gasteiger partial charge in [0.1, 0.15) is 11.6 Å². The fraction of sp³-hybridized carbons (Fsp3) is 0.316. The largest absolute Gasteiger partial charge is 0.338 e. The van der Waals surface area contributed by atoms with E-state index in [1.165, 1.54) is 0 Å². The van der Waals surface area contributed by atoms with Crippen molar-refractivity contribution in [2.45, 2.75) is 18.8 Å². The van der Waals surface area contributed by atoms with Crippen LogP contribution in [0, 0.1) is 11.6 Å². The molecule has 26 heavy (non-hydrogen) atoms. The second-order valence-corrected chi connectivity index (χ2v) is 6.63. The van der Waals surface area contributed by atoms with Crippen LogP contribution in [0.25, 0.3) is 11.0 Å². The second-order valence-electron chi connectivity index (χ2n) is 6.63. The number of likely N-dealkylation sites (tertiary alicyclic amines) is 1. The first kappa shape index (κ1) is 16.6. The van der Waals surface area contributed by atoms with Crippen molar-refractivity contribution in [3.63, 3.8) is 0 Å². The molecule has 1 fully saturated rings. The van der Waals surface area contributed by atoms with E-state index in [2.05, 4.69) is 10.1 Å². The molecule has 1 atom stereocenters. The number of carbonyl (C=O) groups is 1. The number of rotatable bonds is 2. The SMILES string of the molecule is Cn1nc([C@H]2CCCN(C(=O)c3cc(F)cc(F)c3)C2)c2cccnc21. The third-order valence-corrected chi connectivity index (χ3v) is 4.83. The van der Waals surface area contributed by atoms with Crippen LogP contribution in [0.1, 0.15) is 34.8 Å². The van der Waals surface area contributed by atoms with E-state index in [4.69, 9.17) is 0 Å². The van der Waals surface area contributed by atoms with Gasteiger partial charge >= 0.3 is 0 Å². The normalized spacial score (nSPS) is 17.7. The Labute approximate surface area is 149 Å². The maximum absolute atomic E-state index is 13.4. The number of hydrogen-bond donors (Lipinski definition) is 0. The number of benzene rings is 1. The highest BCUT2D eigenvalue weighted by Crippen LogP contribution is 2.31. The molecule has 7 heteroatoms. The average Bonchev–Trinajstić information content (AvgIpc) is 2.98. The van der Waals surface area contributed by atoms with Crippen LogP contribution in [0.15, 0.2) is 36.5 Å². The van der Waals surface area contributed by atoms with Crippen LogP contribution in [0.5, 0.6) is 0 Å². The summed E-state index contributed by atoms with van der Waals surface area (Å²) in [4.78, 5) is 18.7. The minimum atomic E-state index is -0.747. The first-order valence-corrected chi connectivity index (χ1v) is 8.56. The fourth-order valence-electron chi connectivity index (χ4n) is 3.66. The predicted octanol–water partition coefficient (Wildman–Crippen LogP) is 3.27.